The molecule has 2 nitrogen and oxygen atoms in total. The van der Waals surface area contributed by atoms with Crippen molar-refractivity contribution in [3.05, 3.63) is 22.8 Å². The number of aromatic nitrogens is 1. The second kappa shape index (κ2) is 6.03. The van der Waals surface area contributed by atoms with E-state index in [4.69, 9.17) is 0 Å². The van der Waals surface area contributed by atoms with Crippen molar-refractivity contribution >= 4 is 27.7 Å². The summed E-state index contributed by atoms with van der Waals surface area (Å²) in [6.07, 6.45) is 5.83. The van der Waals surface area contributed by atoms with Crippen LogP contribution in [-0.2, 0) is 0 Å². The monoisotopic (exact) mass is 300 g/mol. The first kappa shape index (κ1) is 12.4. The van der Waals surface area contributed by atoms with E-state index in [0.29, 0.717) is 11.3 Å². The highest BCUT2D eigenvalue weighted by Gasteiger charge is 2.27. The first-order chi connectivity index (χ1) is 7.79. The van der Waals surface area contributed by atoms with Crippen molar-refractivity contribution in [2.24, 2.45) is 0 Å². The minimum atomic E-state index is 0.667. The number of halogens is 1. The maximum Gasteiger partial charge on any atom is 0.0963 e. The summed E-state index contributed by atoms with van der Waals surface area (Å²) < 4.78 is 1.05. The van der Waals surface area contributed by atoms with Crippen LogP contribution in [0.1, 0.15) is 26.2 Å². The molecular weight excluding hydrogens is 284 g/mol. The van der Waals surface area contributed by atoms with Gasteiger partial charge in [-0.05, 0) is 47.4 Å². The van der Waals surface area contributed by atoms with Crippen LogP contribution in [0.15, 0.2) is 27.8 Å². The average Bonchev–Trinajstić information content (AvgIpc) is 2.70. The van der Waals surface area contributed by atoms with Gasteiger partial charge in [-0.15, -0.1) is 11.8 Å². The molecule has 0 aromatic carbocycles. The lowest BCUT2D eigenvalue weighted by atomic mass is 10.2. The number of nitrogens with one attached hydrogen (secondary N) is 1. The number of pyridine rings is 1. The third-order valence-corrected chi connectivity index (χ3v) is 4.71. The topological polar surface area (TPSA) is 24.9 Å². The molecule has 88 valence electrons. The molecule has 0 aliphatic heterocycles. The van der Waals surface area contributed by atoms with E-state index in [-0.39, 0.29) is 0 Å². The zero-order valence-corrected chi connectivity index (χ0v) is 11.9. The van der Waals surface area contributed by atoms with E-state index in [0.717, 1.165) is 16.0 Å². The molecule has 0 spiro atoms. The highest BCUT2D eigenvalue weighted by Crippen LogP contribution is 2.34. The zero-order chi connectivity index (χ0) is 11.4. The highest BCUT2D eigenvalue weighted by molar-refractivity contribution is 9.10. The molecule has 0 bridgehead atoms. The highest BCUT2D eigenvalue weighted by atomic mass is 79.9. The number of hydrogen-bond donors (Lipinski definition) is 1. The van der Waals surface area contributed by atoms with Crippen LogP contribution in [0, 0.1) is 0 Å². The van der Waals surface area contributed by atoms with Crippen molar-refractivity contribution in [2.75, 3.05) is 6.54 Å². The molecule has 1 heterocycles. The van der Waals surface area contributed by atoms with Gasteiger partial charge in [0.2, 0.25) is 0 Å². The van der Waals surface area contributed by atoms with Crippen LogP contribution in [0.2, 0.25) is 0 Å². The summed E-state index contributed by atoms with van der Waals surface area (Å²) >= 11 is 5.32. The van der Waals surface area contributed by atoms with E-state index in [2.05, 4.69) is 45.3 Å². The van der Waals surface area contributed by atoms with Crippen LogP contribution in [-0.4, -0.2) is 22.8 Å². The van der Waals surface area contributed by atoms with Crippen LogP contribution in [0.3, 0.4) is 0 Å². The van der Waals surface area contributed by atoms with Crippen LogP contribution < -0.4 is 5.32 Å². The summed E-state index contributed by atoms with van der Waals surface area (Å²) in [6.45, 7) is 3.24. The molecular formula is C12H17BrN2S. The predicted molar refractivity (Wildman–Crippen MR) is 72.9 cm³/mol. The standard InChI is InChI=1S/C12H17BrN2S/c1-2-14-10-4-3-5-11(10)16-12-7-6-9(13)8-15-12/h6-8,10-11,14H,2-5H2,1H3. The van der Waals surface area contributed by atoms with Gasteiger partial charge in [-0.1, -0.05) is 13.3 Å². The van der Waals surface area contributed by atoms with Gasteiger partial charge in [-0.2, -0.15) is 0 Å². The molecule has 1 fully saturated rings. The molecule has 16 heavy (non-hydrogen) atoms. The summed E-state index contributed by atoms with van der Waals surface area (Å²) in [5, 5.41) is 5.39. The first-order valence-electron chi connectivity index (χ1n) is 5.81. The van der Waals surface area contributed by atoms with E-state index < -0.39 is 0 Å². The van der Waals surface area contributed by atoms with Gasteiger partial charge in [0, 0.05) is 22.0 Å². The molecule has 2 atom stereocenters. The molecule has 4 heteroatoms. The predicted octanol–water partition coefficient (Wildman–Crippen LogP) is 3.47. The first-order valence-corrected chi connectivity index (χ1v) is 7.48. The van der Waals surface area contributed by atoms with E-state index in [1.807, 2.05) is 18.0 Å². The van der Waals surface area contributed by atoms with Gasteiger partial charge in [-0.3, -0.25) is 0 Å². The third kappa shape index (κ3) is 3.22. The smallest absolute Gasteiger partial charge is 0.0963 e. The molecule has 1 saturated carbocycles. The van der Waals surface area contributed by atoms with Gasteiger partial charge in [0.1, 0.15) is 0 Å². The molecule has 1 aliphatic carbocycles. The molecule has 2 rings (SSSR count). The Morgan fingerprint density at radius 2 is 2.38 bits per heavy atom. The van der Waals surface area contributed by atoms with Gasteiger partial charge in [0.15, 0.2) is 0 Å². The molecule has 1 aromatic rings. The minimum absolute atomic E-state index is 0.667. The quantitative estimate of drug-likeness (QED) is 0.922. The summed E-state index contributed by atoms with van der Waals surface area (Å²) in [4.78, 5) is 4.42. The summed E-state index contributed by atoms with van der Waals surface area (Å²) in [7, 11) is 0. The maximum atomic E-state index is 4.42. The molecule has 1 N–H and O–H groups in total. The Hall–Kier alpha value is -0.0600. The Kier molecular flexibility index (Phi) is 4.67. The molecule has 1 aromatic heterocycles. The van der Waals surface area contributed by atoms with E-state index in [9.17, 15) is 0 Å². The lowest BCUT2D eigenvalue weighted by molar-refractivity contribution is 0.550. The second-order valence-corrected chi connectivity index (χ2v) is 6.24. The summed E-state index contributed by atoms with van der Waals surface area (Å²) in [6, 6.07) is 4.82. The van der Waals surface area contributed by atoms with Crippen LogP contribution in [0.25, 0.3) is 0 Å². The number of thioether (sulfide) groups is 1. The summed E-state index contributed by atoms with van der Waals surface area (Å²) in [5.74, 6) is 0. The van der Waals surface area contributed by atoms with E-state index in [1.165, 1.54) is 19.3 Å². The Labute approximate surface area is 110 Å². The Morgan fingerprint density at radius 3 is 3.06 bits per heavy atom. The van der Waals surface area contributed by atoms with Gasteiger partial charge >= 0.3 is 0 Å². The van der Waals surface area contributed by atoms with Crippen molar-refractivity contribution in [1.82, 2.24) is 10.3 Å². The maximum absolute atomic E-state index is 4.42. The van der Waals surface area contributed by atoms with E-state index >= 15 is 0 Å². The fraction of sp³-hybridized carbons (Fsp3) is 0.583. The van der Waals surface area contributed by atoms with Crippen LogP contribution >= 0.6 is 27.7 Å². The zero-order valence-electron chi connectivity index (χ0n) is 9.45. The minimum Gasteiger partial charge on any atom is -0.313 e. The number of hydrogen-bond acceptors (Lipinski definition) is 3. The molecule has 0 radical (unpaired) electrons. The van der Waals surface area contributed by atoms with Crippen molar-refractivity contribution in [2.45, 2.75) is 42.5 Å². The lowest BCUT2D eigenvalue weighted by Crippen LogP contribution is -2.33. The van der Waals surface area contributed by atoms with Gasteiger partial charge in [-0.25, -0.2) is 4.98 Å². The average molecular weight is 301 g/mol. The normalized spacial score (nSPS) is 24.9. The van der Waals surface area contributed by atoms with Crippen molar-refractivity contribution < 1.29 is 0 Å². The van der Waals surface area contributed by atoms with Crippen molar-refractivity contribution in [3.8, 4) is 0 Å². The fourth-order valence-corrected chi connectivity index (χ4v) is 3.64. The van der Waals surface area contributed by atoms with Crippen molar-refractivity contribution in [1.29, 1.82) is 0 Å². The number of rotatable bonds is 4. The SMILES string of the molecule is CCNC1CCCC1Sc1ccc(Br)cn1. The molecule has 2 unspecified atom stereocenters. The fourth-order valence-electron chi connectivity index (χ4n) is 2.15. The molecule has 0 amide bonds. The van der Waals surface area contributed by atoms with Crippen LogP contribution in [0.4, 0.5) is 0 Å². The van der Waals surface area contributed by atoms with Gasteiger partial charge in [0.05, 0.1) is 5.03 Å². The second-order valence-electron chi connectivity index (χ2n) is 4.07. The largest absolute Gasteiger partial charge is 0.313 e. The number of nitrogens with zero attached hydrogens (tertiary/aromatic N) is 1. The third-order valence-electron chi connectivity index (χ3n) is 2.89. The van der Waals surface area contributed by atoms with Gasteiger partial charge < -0.3 is 5.32 Å². The lowest BCUT2D eigenvalue weighted by Gasteiger charge is -2.19. The molecule has 1 aliphatic rings. The Balaban J connectivity index is 1.95. The van der Waals surface area contributed by atoms with Gasteiger partial charge in [0.25, 0.3) is 0 Å². The Bertz CT molecular complexity index is 328. The van der Waals surface area contributed by atoms with Crippen LogP contribution in [0.5, 0.6) is 0 Å². The van der Waals surface area contributed by atoms with E-state index in [1.54, 1.807) is 0 Å². The summed E-state index contributed by atoms with van der Waals surface area (Å²) in [5.41, 5.74) is 0. The molecule has 0 saturated heterocycles. The Morgan fingerprint density at radius 1 is 1.50 bits per heavy atom. The van der Waals surface area contributed by atoms with Crippen molar-refractivity contribution in [3.63, 3.8) is 0 Å².